The van der Waals surface area contributed by atoms with Gasteiger partial charge in [0.25, 0.3) is 0 Å². The number of nitriles is 1. The molecule has 0 radical (unpaired) electrons. The van der Waals surface area contributed by atoms with Crippen LogP contribution in [-0.2, 0) is 12.7 Å². The first-order valence-electron chi connectivity index (χ1n) is 9.91. The number of halogens is 3. The van der Waals surface area contributed by atoms with Gasteiger partial charge >= 0.3 is 6.18 Å². The van der Waals surface area contributed by atoms with Crippen molar-refractivity contribution >= 4 is 16.5 Å². The molecule has 0 bridgehead atoms. The van der Waals surface area contributed by atoms with E-state index < -0.39 is 11.7 Å². The highest BCUT2D eigenvalue weighted by Crippen LogP contribution is 2.38. The van der Waals surface area contributed by atoms with Crippen LogP contribution in [0.4, 0.5) is 13.2 Å². The number of hydrogen-bond acceptors (Lipinski definition) is 2. The van der Waals surface area contributed by atoms with Crippen molar-refractivity contribution in [3.63, 3.8) is 0 Å². The fourth-order valence-corrected chi connectivity index (χ4v) is 3.98. The molecule has 154 valence electrons. The third-order valence-electron chi connectivity index (χ3n) is 5.92. The number of fused-ring (bicyclic) bond motifs is 1. The smallest absolute Gasteiger partial charge is 0.260 e. The van der Waals surface area contributed by atoms with Crippen LogP contribution in [0.15, 0.2) is 48.7 Å². The van der Waals surface area contributed by atoms with Crippen molar-refractivity contribution in [2.45, 2.75) is 45.8 Å². The average Bonchev–Trinajstić information content (AvgIpc) is 3.11. The van der Waals surface area contributed by atoms with Gasteiger partial charge in [-0.25, -0.2) is 0 Å². The van der Waals surface area contributed by atoms with Crippen LogP contribution in [-0.4, -0.2) is 9.78 Å². The minimum atomic E-state index is -4.41. The molecule has 1 unspecified atom stereocenters. The Labute approximate surface area is 173 Å². The van der Waals surface area contributed by atoms with Crippen molar-refractivity contribution in [2.75, 3.05) is 0 Å². The molecule has 1 aliphatic carbocycles. The van der Waals surface area contributed by atoms with E-state index >= 15 is 0 Å². The molecule has 0 saturated heterocycles. The number of benzene rings is 2. The zero-order valence-electron chi connectivity index (χ0n) is 16.9. The summed E-state index contributed by atoms with van der Waals surface area (Å²) in [6.45, 7) is 3.68. The van der Waals surface area contributed by atoms with Gasteiger partial charge in [0.1, 0.15) is 0 Å². The summed E-state index contributed by atoms with van der Waals surface area (Å²) in [5, 5.41) is 14.6. The van der Waals surface area contributed by atoms with Crippen molar-refractivity contribution in [3.8, 4) is 6.07 Å². The second kappa shape index (κ2) is 7.32. The molecule has 4 rings (SSSR count). The minimum Gasteiger partial charge on any atom is -0.260 e. The fraction of sp³-hybridized carbons (Fsp3) is 0.333. The predicted octanol–water partition coefficient (Wildman–Crippen LogP) is 6.51. The van der Waals surface area contributed by atoms with E-state index in [1.807, 2.05) is 25.1 Å². The Morgan fingerprint density at radius 1 is 1.20 bits per heavy atom. The Morgan fingerprint density at radius 2 is 2.00 bits per heavy atom. The van der Waals surface area contributed by atoms with Crippen LogP contribution in [0.5, 0.6) is 0 Å². The second-order valence-electron chi connectivity index (χ2n) is 8.34. The largest absolute Gasteiger partial charge is 0.416 e. The first-order valence-corrected chi connectivity index (χ1v) is 9.91. The summed E-state index contributed by atoms with van der Waals surface area (Å²) in [5.41, 5.74) is 2.84. The summed E-state index contributed by atoms with van der Waals surface area (Å²) >= 11 is 0. The number of alkyl halides is 3. The van der Waals surface area contributed by atoms with Gasteiger partial charge in [-0.1, -0.05) is 35.9 Å². The Morgan fingerprint density at radius 3 is 2.67 bits per heavy atom. The molecule has 0 spiro atoms. The molecule has 1 aliphatic rings. The number of hydrogen-bond donors (Lipinski definition) is 0. The highest BCUT2D eigenvalue weighted by Gasteiger charge is 2.33. The number of aromatic nitrogens is 2. The maximum Gasteiger partial charge on any atom is 0.416 e. The van der Waals surface area contributed by atoms with Crippen molar-refractivity contribution in [1.29, 1.82) is 5.26 Å². The van der Waals surface area contributed by atoms with E-state index in [1.165, 1.54) is 17.7 Å². The molecule has 0 saturated carbocycles. The summed E-state index contributed by atoms with van der Waals surface area (Å²) in [5.74, 6) is 0. The quantitative estimate of drug-likeness (QED) is 0.495. The van der Waals surface area contributed by atoms with E-state index in [4.69, 9.17) is 0 Å². The number of aryl methyl sites for hydroxylation is 1. The molecule has 0 amide bonds. The summed E-state index contributed by atoms with van der Waals surface area (Å²) in [6.07, 6.45) is 1.69. The molecule has 3 nitrogen and oxygen atoms in total. The van der Waals surface area contributed by atoms with Gasteiger partial charge < -0.3 is 0 Å². The van der Waals surface area contributed by atoms with Gasteiger partial charge in [0.05, 0.1) is 35.3 Å². The molecule has 0 N–H and O–H groups in total. The van der Waals surface area contributed by atoms with Crippen molar-refractivity contribution in [3.05, 3.63) is 70.9 Å². The second-order valence-corrected chi connectivity index (χ2v) is 8.34. The van der Waals surface area contributed by atoms with Crippen LogP contribution >= 0.6 is 0 Å². The summed E-state index contributed by atoms with van der Waals surface area (Å²) in [7, 11) is 0. The third-order valence-corrected chi connectivity index (χ3v) is 5.92. The predicted molar refractivity (Wildman–Crippen MR) is 111 cm³/mol. The molecule has 0 fully saturated rings. The van der Waals surface area contributed by atoms with E-state index in [9.17, 15) is 18.4 Å². The summed E-state index contributed by atoms with van der Waals surface area (Å²) < 4.78 is 42.2. The fourth-order valence-electron chi connectivity index (χ4n) is 3.98. The Bertz CT molecular complexity index is 1180. The average molecular weight is 409 g/mol. The maximum absolute atomic E-state index is 13.5. The molecular weight excluding hydrogens is 387 g/mol. The Balaban J connectivity index is 1.70. The zero-order valence-corrected chi connectivity index (χ0v) is 16.9. The van der Waals surface area contributed by atoms with E-state index in [2.05, 4.69) is 17.2 Å². The first-order chi connectivity index (χ1) is 14.2. The summed E-state index contributed by atoms with van der Waals surface area (Å²) in [6, 6.07) is 12.8. The van der Waals surface area contributed by atoms with Crippen LogP contribution in [0.1, 0.15) is 48.4 Å². The molecule has 1 atom stereocenters. The third kappa shape index (κ3) is 3.85. The monoisotopic (exact) mass is 409 g/mol. The highest BCUT2D eigenvalue weighted by atomic mass is 19.4. The van der Waals surface area contributed by atoms with Crippen LogP contribution in [0.25, 0.3) is 16.5 Å². The highest BCUT2D eigenvalue weighted by molar-refractivity contribution is 5.83. The zero-order chi connectivity index (χ0) is 21.5. The molecule has 0 aliphatic heterocycles. The van der Waals surface area contributed by atoms with E-state index in [0.29, 0.717) is 12.0 Å². The van der Waals surface area contributed by atoms with Gasteiger partial charge in [-0.15, -0.1) is 0 Å². The Kier molecular flexibility index (Phi) is 4.93. The molecular formula is C24H22F3N3. The van der Waals surface area contributed by atoms with E-state index in [-0.39, 0.29) is 17.5 Å². The molecule has 1 heterocycles. The van der Waals surface area contributed by atoms with Gasteiger partial charge in [-0.3, -0.25) is 4.68 Å². The lowest BCUT2D eigenvalue weighted by Crippen LogP contribution is -2.16. The maximum atomic E-state index is 13.5. The molecule has 6 heteroatoms. The first kappa shape index (κ1) is 20.2. The lowest BCUT2D eigenvalue weighted by molar-refractivity contribution is -0.138. The number of rotatable bonds is 3. The van der Waals surface area contributed by atoms with Crippen molar-refractivity contribution in [1.82, 2.24) is 9.78 Å². The lowest BCUT2D eigenvalue weighted by Gasteiger charge is -2.26. The number of nitrogens with zero attached hydrogens (tertiary/aromatic N) is 3. The van der Waals surface area contributed by atoms with Crippen LogP contribution in [0.2, 0.25) is 0 Å². The minimum absolute atomic E-state index is 0.0492. The topological polar surface area (TPSA) is 41.6 Å². The van der Waals surface area contributed by atoms with Crippen molar-refractivity contribution in [2.24, 2.45) is 5.41 Å². The van der Waals surface area contributed by atoms with Gasteiger partial charge in [0.15, 0.2) is 0 Å². The SMILES string of the molecule is Cc1ccc(Cn2ncc3ccc(C4=CCC(C)(C#N)CC4)cc32)c(C(F)(F)F)c1. The van der Waals surface area contributed by atoms with Gasteiger partial charge in [0.2, 0.25) is 0 Å². The van der Waals surface area contributed by atoms with Gasteiger partial charge in [-0.2, -0.15) is 23.5 Å². The normalized spacial score (nSPS) is 19.5. The van der Waals surface area contributed by atoms with Crippen molar-refractivity contribution < 1.29 is 13.2 Å². The van der Waals surface area contributed by atoms with Crippen LogP contribution < -0.4 is 0 Å². The molecule has 30 heavy (non-hydrogen) atoms. The number of allylic oxidation sites excluding steroid dienone is 2. The molecule has 1 aromatic heterocycles. The van der Waals surface area contributed by atoms with Crippen LogP contribution in [0, 0.1) is 23.7 Å². The standard InChI is InChI=1S/C24H22F3N3/c1-16-3-4-20(21(11-16)24(25,26)27)14-30-22-12-18(5-6-19(22)13-29-30)17-7-9-23(2,15-28)10-8-17/h3-7,11-13H,8-10,14H2,1-2H3. The van der Waals surface area contributed by atoms with Gasteiger partial charge in [-0.05, 0) is 61.9 Å². The summed E-state index contributed by atoms with van der Waals surface area (Å²) in [4.78, 5) is 0. The van der Waals surface area contributed by atoms with Gasteiger partial charge in [0, 0.05) is 5.39 Å². The van der Waals surface area contributed by atoms with E-state index in [1.54, 1.807) is 23.9 Å². The van der Waals surface area contributed by atoms with Crippen LogP contribution in [0.3, 0.4) is 0 Å². The Hall–Kier alpha value is -3.07. The lowest BCUT2D eigenvalue weighted by atomic mass is 9.76. The van der Waals surface area contributed by atoms with E-state index in [0.717, 1.165) is 29.3 Å². The molecule has 2 aromatic carbocycles. The molecule has 3 aromatic rings.